The van der Waals surface area contributed by atoms with Crippen LogP contribution in [0.15, 0.2) is 0 Å². The van der Waals surface area contributed by atoms with Crippen molar-refractivity contribution in [3.8, 4) is 0 Å². The summed E-state index contributed by atoms with van der Waals surface area (Å²) in [5, 5.41) is 0. The van der Waals surface area contributed by atoms with Gasteiger partial charge in [-0.3, -0.25) is 0 Å². The Hall–Kier alpha value is -0.0800. The van der Waals surface area contributed by atoms with Gasteiger partial charge in [0.05, 0.1) is 0 Å². The Kier molecular flexibility index (Phi) is 1.08. The fourth-order valence-electron chi connectivity index (χ4n) is 2.13. The van der Waals surface area contributed by atoms with Crippen LogP contribution in [0.4, 0.5) is 0 Å². The van der Waals surface area contributed by atoms with Gasteiger partial charge in [0.25, 0.3) is 0 Å². The molecule has 2 aliphatic heterocycles. The number of nitrogens with zero attached hydrogens (tertiary/aromatic N) is 1. The van der Waals surface area contributed by atoms with Crippen molar-refractivity contribution in [2.75, 3.05) is 7.05 Å². The number of nitrogens with two attached hydrogens (primary N) is 1. The highest BCUT2D eigenvalue weighted by Crippen LogP contribution is 2.35. The summed E-state index contributed by atoms with van der Waals surface area (Å²) in [6, 6.07) is 2.17. The molecule has 0 aromatic rings. The quantitative estimate of drug-likeness (QED) is 0.501. The van der Waals surface area contributed by atoms with Crippen LogP contribution in [0.3, 0.4) is 0 Å². The molecule has 9 heavy (non-hydrogen) atoms. The summed E-state index contributed by atoms with van der Waals surface area (Å²) in [5.74, 6) is 0. The molecular weight excluding hydrogens is 112 g/mol. The third-order valence-corrected chi connectivity index (χ3v) is 2.85. The molecule has 0 aromatic carbocycles. The van der Waals surface area contributed by atoms with Crippen LogP contribution in [0, 0.1) is 0 Å². The molecule has 3 atom stereocenters. The van der Waals surface area contributed by atoms with E-state index in [0.29, 0.717) is 6.04 Å². The van der Waals surface area contributed by atoms with Crippen LogP contribution in [0.5, 0.6) is 0 Å². The minimum absolute atomic E-state index is 0.505. The fraction of sp³-hybridized carbons (Fsp3) is 1.00. The predicted molar refractivity (Wildman–Crippen MR) is 37.2 cm³/mol. The van der Waals surface area contributed by atoms with Crippen molar-refractivity contribution in [2.45, 2.75) is 37.4 Å². The molecule has 0 aromatic heterocycles. The standard InChI is InChI=1S/C7H14N2/c1-9-6-2-5(8)3-7(9)4-6/h5-7H,2-4,8H2,1H3/t5?,6-,7+. The van der Waals surface area contributed by atoms with Gasteiger partial charge in [-0.15, -0.1) is 0 Å². The summed E-state index contributed by atoms with van der Waals surface area (Å²) in [5.41, 5.74) is 5.79. The monoisotopic (exact) mass is 126 g/mol. The summed E-state index contributed by atoms with van der Waals surface area (Å²) < 4.78 is 0. The third-order valence-electron chi connectivity index (χ3n) is 2.85. The van der Waals surface area contributed by atoms with Crippen molar-refractivity contribution in [2.24, 2.45) is 5.73 Å². The van der Waals surface area contributed by atoms with Crippen molar-refractivity contribution < 1.29 is 0 Å². The molecule has 0 amide bonds. The molecule has 3 fully saturated rings. The summed E-state index contributed by atoms with van der Waals surface area (Å²) in [7, 11) is 2.21. The molecule has 0 radical (unpaired) electrons. The highest BCUT2D eigenvalue weighted by molar-refractivity contribution is 4.99. The van der Waals surface area contributed by atoms with Crippen LogP contribution in [0.1, 0.15) is 19.3 Å². The second-order valence-electron chi connectivity index (χ2n) is 3.44. The predicted octanol–water partition coefficient (Wildman–Crippen LogP) is 0.180. The first kappa shape index (κ1) is 5.69. The lowest BCUT2D eigenvalue weighted by atomic mass is 9.78. The topological polar surface area (TPSA) is 29.3 Å². The van der Waals surface area contributed by atoms with Crippen molar-refractivity contribution in [3.63, 3.8) is 0 Å². The molecule has 2 heteroatoms. The Morgan fingerprint density at radius 3 is 2.11 bits per heavy atom. The van der Waals surface area contributed by atoms with E-state index in [1.165, 1.54) is 19.3 Å². The number of hydrogen-bond donors (Lipinski definition) is 1. The van der Waals surface area contributed by atoms with Gasteiger partial charge in [0.15, 0.2) is 0 Å². The molecule has 3 aliphatic rings. The number of piperidine rings is 1. The van der Waals surface area contributed by atoms with Gasteiger partial charge in [0.1, 0.15) is 0 Å². The van der Waals surface area contributed by atoms with E-state index in [1.54, 1.807) is 0 Å². The lowest BCUT2D eigenvalue weighted by molar-refractivity contribution is -0.0114. The van der Waals surface area contributed by atoms with E-state index < -0.39 is 0 Å². The molecule has 2 heterocycles. The first-order valence-corrected chi connectivity index (χ1v) is 3.75. The van der Waals surface area contributed by atoms with Crippen LogP contribution in [0.2, 0.25) is 0 Å². The van der Waals surface area contributed by atoms with Gasteiger partial charge in [-0.1, -0.05) is 0 Å². The lowest BCUT2D eigenvalue weighted by Gasteiger charge is -2.53. The molecule has 1 saturated carbocycles. The SMILES string of the molecule is CN1[C@@H]2CC(N)C[C@H]1C2. The zero-order chi connectivity index (χ0) is 6.43. The van der Waals surface area contributed by atoms with Crippen LogP contribution in [0.25, 0.3) is 0 Å². The Morgan fingerprint density at radius 1 is 1.22 bits per heavy atom. The number of hydrogen-bond acceptors (Lipinski definition) is 2. The summed E-state index contributed by atoms with van der Waals surface area (Å²) in [4.78, 5) is 2.46. The lowest BCUT2D eigenvalue weighted by Crippen LogP contribution is -2.61. The number of fused-ring (bicyclic) bond motifs is 2. The van der Waals surface area contributed by atoms with Crippen molar-refractivity contribution in [1.82, 2.24) is 4.90 Å². The van der Waals surface area contributed by atoms with Gasteiger partial charge < -0.3 is 10.6 Å². The van der Waals surface area contributed by atoms with E-state index in [2.05, 4.69) is 11.9 Å². The molecule has 1 aliphatic carbocycles. The van der Waals surface area contributed by atoms with E-state index >= 15 is 0 Å². The molecule has 1 unspecified atom stereocenters. The minimum atomic E-state index is 0.505. The Morgan fingerprint density at radius 2 is 1.78 bits per heavy atom. The zero-order valence-electron chi connectivity index (χ0n) is 5.88. The fourth-order valence-corrected chi connectivity index (χ4v) is 2.13. The molecule has 2 bridgehead atoms. The first-order valence-electron chi connectivity index (χ1n) is 3.75. The molecule has 2 N–H and O–H groups in total. The summed E-state index contributed by atoms with van der Waals surface area (Å²) >= 11 is 0. The Bertz CT molecular complexity index is 112. The molecule has 2 saturated heterocycles. The van der Waals surface area contributed by atoms with Gasteiger partial charge in [-0.25, -0.2) is 0 Å². The van der Waals surface area contributed by atoms with Crippen molar-refractivity contribution >= 4 is 0 Å². The summed E-state index contributed by atoms with van der Waals surface area (Å²) in [6.07, 6.45) is 3.87. The van der Waals surface area contributed by atoms with E-state index in [1.807, 2.05) is 0 Å². The average Bonchev–Trinajstić information content (AvgIpc) is 1.87. The van der Waals surface area contributed by atoms with Gasteiger partial charge in [0, 0.05) is 18.1 Å². The zero-order valence-corrected chi connectivity index (χ0v) is 5.88. The van der Waals surface area contributed by atoms with Crippen LogP contribution in [-0.4, -0.2) is 30.1 Å². The molecule has 3 rings (SSSR count). The van der Waals surface area contributed by atoms with Gasteiger partial charge in [0.2, 0.25) is 0 Å². The Labute approximate surface area is 56.0 Å². The highest BCUT2D eigenvalue weighted by Gasteiger charge is 2.41. The molecule has 2 nitrogen and oxygen atoms in total. The van der Waals surface area contributed by atoms with E-state index in [0.717, 1.165) is 12.1 Å². The maximum absolute atomic E-state index is 5.79. The van der Waals surface area contributed by atoms with E-state index in [9.17, 15) is 0 Å². The smallest absolute Gasteiger partial charge is 0.0125 e. The summed E-state index contributed by atoms with van der Waals surface area (Å²) in [6.45, 7) is 0. The Balaban J connectivity index is 2.01. The molecular formula is C7H14N2. The van der Waals surface area contributed by atoms with E-state index in [-0.39, 0.29) is 0 Å². The van der Waals surface area contributed by atoms with Gasteiger partial charge >= 0.3 is 0 Å². The highest BCUT2D eigenvalue weighted by atomic mass is 15.2. The second kappa shape index (κ2) is 1.70. The maximum atomic E-state index is 5.79. The van der Waals surface area contributed by atoms with Crippen molar-refractivity contribution in [1.29, 1.82) is 0 Å². The molecule has 52 valence electrons. The normalized spacial score (nSPS) is 50.7. The largest absolute Gasteiger partial charge is 0.328 e. The molecule has 0 spiro atoms. The number of rotatable bonds is 0. The van der Waals surface area contributed by atoms with Crippen LogP contribution < -0.4 is 5.73 Å². The van der Waals surface area contributed by atoms with Crippen LogP contribution in [-0.2, 0) is 0 Å². The van der Waals surface area contributed by atoms with Crippen LogP contribution >= 0.6 is 0 Å². The van der Waals surface area contributed by atoms with E-state index in [4.69, 9.17) is 5.73 Å². The average molecular weight is 126 g/mol. The van der Waals surface area contributed by atoms with Gasteiger partial charge in [-0.05, 0) is 26.3 Å². The van der Waals surface area contributed by atoms with Crippen molar-refractivity contribution in [3.05, 3.63) is 0 Å². The second-order valence-corrected chi connectivity index (χ2v) is 3.44. The first-order chi connectivity index (χ1) is 4.27. The minimum Gasteiger partial charge on any atom is -0.328 e. The maximum Gasteiger partial charge on any atom is 0.0125 e. The van der Waals surface area contributed by atoms with Gasteiger partial charge in [-0.2, -0.15) is 0 Å². The third kappa shape index (κ3) is 0.700.